The highest BCUT2D eigenvalue weighted by Crippen LogP contribution is 2.46. The van der Waals surface area contributed by atoms with Crippen LogP contribution in [0.4, 0.5) is 0 Å². The Morgan fingerprint density at radius 1 is 0.929 bits per heavy atom. The number of likely N-dealkylation sites (tertiary alicyclic amines) is 1. The number of Topliss-reactive ketones (excluding diaryl/α,β-unsaturated/α-hetero) is 3. The fraction of sp³-hybridized carbons (Fsp3) is 0.705. The zero-order valence-corrected chi connectivity index (χ0v) is 34.5. The van der Waals surface area contributed by atoms with Gasteiger partial charge in [-0.3, -0.25) is 33.6 Å². The van der Waals surface area contributed by atoms with Gasteiger partial charge in [-0.1, -0.05) is 62.4 Å². The standard InChI is InChI=1S/C44H63N3O9/c1-43(2,3)56-37(51)24-31(28-14-10-8-11-15-28)41(53)47-26-35-32(25-44(4,5)55-35)39(47)34(49)23-30(22-27-18-19-27)40(52)33(48)20-21-36(50)45-38(42(54)46(6)7)29-16-12-9-13-17-29/h9,12-13,16-17,27-28,30-32,35,38-39H,8,10-11,14-15,18-26H2,1-7H3,(H,45,50)/t30-,31-,32-,35-,38-,39-/m0/s1. The Labute approximate surface area is 332 Å². The van der Waals surface area contributed by atoms with E-state index in [0.29, 0.717) is 18.4 Å². The molecule has 56 heavy (non-hydrogen) atoms. The smallest absolute Gasteiger partial charge is 0.307 e. The minimum absolute atomic E-state index is 0.0136. The fourth-order valence-electron chi connectivity index (χ4n) is 9.08. The maximum Gasteiger partial charge on any atom is 0.307 e. The SMILES string of the molecule is CN(C)C(=O)[C@@H](NC(=O)CCC(=O)C(=O)[C@H](CC(=O)[C@@H]1[C@H]2CC(C)(C)O[C@H]2CN1C(=O)[C@@H](CC(=O)OC(C)(C)C)C1CCCCC1)CC1CC1)c1ccccc1. The maximum atomic E-state index is 14.7. The number of carbonyl (C=O) groups excluding carboxylic acids is 7. The second-order valence-electron chi connectivity index (χ2n) is 18.5. The average molecular weight is 778 g/mol. The number of rotatable bonds is 17. The Bertz CT molecular complexity index is 1620. The molecule has 308 valence electrons. The van der Waals surface area contributed by atoms with Crippen LogP contribution >= 0.6 is 0 Å². The quantitative estimate of drug-likeness (QED) is 0.158. The van der Waals surface area contributed by atoms with Crippen molar-refractivity contribution in [1.29, 1.82) is 0 Å². The topological polar surface area (TPSA) is 156 Å². The van der Waals surface area contributed by atoms with E-state index < -0.39 is 58.6 Å². The summed E-state index contributed by atoms with van der Waals surface area (Å²) in [6, 6.07) is 7.01. The van der Waals surface area contributed by atoms with Gasteiger partial charge in [0.15, 0.2) is 11.6 Å². The highest BCUT2D eigenvalue weighted by atomic mass is 16.6. The van der Waals surface area contributed by atoms with Gasteiger partial charge in [0, 0.05) is 51.7 Å². The molecule has 2 aliphatic carbocycles. The van der Waals surface area contributed by atoms with Crippen LogP contribution in [-0.4, -0.2) is 94.8 Å². The number of nitrogens with zero attached hydrogens (tertiary/aromatic N) is 2. The first-order chi connectivity index (χ1) is 26.3. The Morgan fingerprint density at radius 2 is 1.59 bits per heavy atom. The minimum atomic E-state index is -0.947. The van der Waals surface area contributed by atoms with Crippen LogP contribution in [0.2, 0.25) is 0 Å². The van der Waals surface area contributed by atoms with Gasteiger partial charge in [0.1, 0.15) is 11.6 Å². The number of hydrogen-bond donors (Lipinski definition) is 1. The molecule has 0 bridgehead atoms. The first kappa shape index (κ1) is 43.2. The molecular formula is C44H63N3O9. The molecule has 4 aliphatic rings. The number of fused-ring (bicyclic) bond motifs is 1. The van der Waals surface area contributed by atoms with E-state index in [1.54, 1.807) is 70.1 Å². The first-order valence-corrected chi connectivity index (χ1v) is 20.7. The molecule has 2 saturated heterocycles. The molecule has 1 aromatic rings. The van der Waals surface area contributed by atoms with Crippen molar-refractivity contribution in [3.8, 4) is 0 Å². The zero-order chi connectivity index (χ0) is 40.9. The Hall–Kier alpha value is -3.93. The molecule has 0 unspecified atom stereocenters. The summed E-state index contributed by atoms with van der Waals surface area (Å²) in [5.74, 6) is -4.83. The molecule has 5 rings (SSSR count). The molecular weight excluding hydrogens is 714 g/mol. The number of amides is 3. The molecule has 3 amide bonds. The van der Waals surface area contributed by atoms with Crippen molar-refractivity contribution in [1.82, 2.24) is 15.1 Å². The third-order valence-electron chi connectivity index (χ3n) is 11.9. The predicted octanol–water partition coefficient (Wildman–Crippen LogP) is 5.55. The third-order valence-corrected chi connectivity index (χ3v) is 11.9. The van der Waals surface area contributed by atoms with Crippen LogP contribution in [0.1, 0.15) is 130 Å². The van der Waals surface area contributed by atoms with Gasteiger partial charge in [-0.05, 0) is 77.7 Å². The Kier molecular flexibility index (Phi) is 14.0. The lowest BCUT2D eigenvalue weighted by atomic mass is 9.77. The van der Waals surface area contributed by atoms with Gasteiger partial charge in [0.2, 0.25) is 23.5 Å². The number of benzene rings is 1. The summed E-state index contributed by atoms with van der Waals surface area (Å²) in [5.41, 5.74) is -0.615. The van der Waals surface area contributed by atoms with Crippen molar-refractivity contribution in [2.75, 3.05) is 20.6 Å². The monoisotopic (exact) mass is 777 g/mol. The summed E-state index contributed by atoms with van der Waals surface area (Å²) < 4.78 is 12.1. The van der Waals surface area contributed by atoms with E-state index in [2.05, 4.69) is 5.32 Å². The molecule has 12 heteroatoms. The molecule has 2 saturated carbocycles. The zero-order valence-electron chi connectivity index (χ0n) is 34.5. The number of nitrogens with one attached hydrogen (secondary N) is 1. The second-order valence-corrected chi connectivity index (χ2v) is 18.5. The van der Waals surface area contributed by atoms with Gasteiger partial charge >= 0.3 is 5.97 Å². The number of likely N-dealkylation sites (N-methyl/N-ethyl adjacent to an activating group) is 1. The van der Waals surface area contributed by atoms with Crippen LogP contribution in [0.15, 0.2) is 30.3 Å². The van der Waals surface area contributed by atoms with E-state index in [1.165, 1.54) is 4.90 Å². The predicted molar refractivity (Wildman–Crippen MR) is 209 cm³/mol. The molecule has 0 spiro atoms. The molecule has 1 N–H and O–H groups in total. The van der Waals surface area contributed by atoms with Crippen molar-refractivity contribution < 1.29 is 43.0 Å². The number of ketones is 3. The summed E-state index contributed by atoms with van der Waals surface area (Å²) >= 11 is 0. The van der Waals surface area contributed by atoms with E-state index in [1.807, 2.05) is 13.8 Å². The Morgan fingerprint density at radius 3 is 2.20 bits per heavy atom. The maximum absolute atomic E-state index is 14.7. The van der Waals surface area contributed by atoms with Crippen LogP contribution in [0.5, 0.6) is 0 Å². The molecule has 2 heterocycles. The summed E-state index contributed by atoms with van der Waals surface area (Å²) in [5, 5.41) is 2.72. The van der Waals surface area contributed by atoms with Gasteiger partial charge in [0.05, 0.1) is 30.1 Å². The van der Waals surface area contributed by atoms with E-state index >= 15 is 0 Å². The van der Waals surface area contributed by atoms with Crippen LogP contribution in [0.3, 0.4) is 0 Å². The lowest BCUT2D eigenvalue weighted by Crippen LogP contribution is -2.49. The van der Waals surface area contributed by atoms with Gasteiger partial charge in [-0.15, -0.1) is 0 Å². The van der Waals surface area contributed by atoms with Gasteiger partial charge in [0.25, 0.3) is 0 Å². The molecule has 0 radical (unpaired) electrons. The average Bonchev–Trinajstić information content (AvgIpc) is 3.82. The lowest BCUT2D eigenvalue weighted by molar-refractivity contribution is -0.160. The van der Waals surface area contributed by atoms with Crippen LogP contribution in [0, 0.1) is 29.6 Å². The van der Waals surface area contributed by atoms with E-state index in [0.717, 1.165) is 44.9 Å². The molecule has 12 nitrogen and oxygen atoms in total. The third kappa shape index (κ3) is 11.3. The lowest BCUT2D eigenvalue weighted by Gasteiger charge is -2.36. The number of esters is 1. The van der Waals surface area contributed by atoms with Crippen molar-refractivity contribution in [2.24, 2.45) is 29.6 Å². The molecule has 1 aromatic carbocycles. The number of hydrogen-bond acceptors (Lipinski definition) is 9. The van der Waals surface area contributed by atoms with Crippen LogP contribution in [0.25, 0.3) is 0 Å². The fourth-order valence-corrected chi connectivity index (χ4v) is 9.08. The summed E-state index contributed by atoms with van der Waals surface area (Å²) in [6.45, 7) is 9.56. The molecule has 0 aromatic heterocycles. The highest BCUT2D eigenvalue weighted by molar-refractivity contribution is 6.38. The number of carbonyl (C=O) groups is 7. The second kappa shape index (κ2) is 18.1. The highest BCUT2D eigenvalue weighted by Gasteiger charge is 2.56. The van der Waals surface area contributed by atoms with Crippen molar-refractivity contribution >= 4 is 41.0 Å². The number of ether oxygens (including phenoxy) is 2. The molecule has 6 atom stereocenters. The van der Waals surface area contributed by atoms with Gasteiger partial charge < -0.3 is 24.6 Å². The summed E-state index contributed by atoms with van der Waals surface area (Å²) in [4.78, 5) is 98.8. The molecule has 2 aliphatic heterocycles. The summed E-state index contributed by atoms with van der Waals surface area (Å²) in [6.07, 6.45) is 6.12. The van der Waals surface area contributed by atoms with Crippen molar-refractivity contribution in [2.45, 2.75) is 147 Å². The van der Waals surface area contributed by atoms with E-state index in [4.69, 9.17) is 9.47 Å². The minimum Gasteiger partial charge on any atom is -0.460 e. The van der Waals surface area contributed by atoms with Crippen molar-refractivity contribution in [3.05, 3.63) is 35.9 Å². The first-order valence-electron chi connectivity index (χ1n) is 20.7. The van der Waals surface area contributed by atoms with E-state index in [-0.39, 0.29) is 73.7 Å². The summed E-state index contributed by atoms with van der Waals surface area (Å²) in [7, 11) is 3.18. The van der Waals surface area contributed by atoms with Crippen molar-refractivity contribution in [3.63, 3.8) is 0 Å². The Balaban J connectivity index is 1.31. The van der Waals surface area contributed by atoms with Crippen LogP contribution in [-0.2, 0) is 43.0 Å². The van der Waals surface area contributed by atoms with Gasteiger partial charge in [-0.2, -0.15) is 0 Å². The largest absolute Gasteiger partial charge is 0.460 e. The van der Waals surface area contributed by atoms with E-state index in [9.17, 15) is 33.6 Å². The normalized spacial score (nSPS) is 23.7. The molecule has 4 fully saturated rings. The van der Waals surface area contributed by atoms with Crippen LogP contribution < -0.4 is 5.32 Å². The van der Waals surface area contributed by atoms with Gasteiger partial charge in [-0.25, -0.2) is 0 Å².